The third kappa shape index (κ3) is 2.75. The molecule has 2 aliphatic rings. The number of rotatable bonds is 4. The van der Waals surface area contributed by atoms with Crippen LogP contribution in [0.4, 0.5) is 5.82 Å². The minimum Gasteiger partial charge on any atom is -0.490 e. The van der Waals surface area contributed by atoms with Crippen LogP contribution in [0.5, 0.6) is 5.75 Å². The summed E-state index contributed by atoms with van der Waals surface area (Å²) >= 11 is 0. The third-order valence-corrected chi connectivity index (χ3v) is 4.60. The maximum atomic E-state index is 6.11. The summed E-state index contributed by atoms with van der Waals surface area (Å²) in [6.45, 7) is 5.07. The molecule has 4 heteroatoms. The number of fused-ring (bicyclic) bond motifs is 1. The summed E-state index contributed by atoms with van der Waals surface area (Å²) in [5.74, 6) is 3.47. The summed E-state index contributed by atoms with van der Waals surface area (Å²) in [6, 6.07) is 4.38. The van der Waals surface area contributed by atoms with Crippen molar-refractivity contribution in [1.82, 2.24) is 4.98 Å². The summed E-state index contributed by atoms with van der Waals surface area (Å²) in [5, 5.41) is 0. The van der Waals surface area contributed by atoms with Gasteiger partial charge in [0.15, 0.2) is 11.6 Å². The van der Waals surface area contributed by atoms with Gasteiger partial charge < -0.3 is 15.4 Å². The molecule has 1 aliphatic heterocycles. The molecule has 20 heavy (non-hydrogen) atoms. The molecule has 0 spiro atoms. The van der Waals surface area contributed by atoms with Gasteiger partial charge >= 0.3 is 0 Å². The van der Waals surface area contributed by atoms with Gasteiger partial charge in [0.05, 0.1) is 6.61 Å². The number of hydrogen-bond donors (Lipinski definition) is 1. The van der Waals surface area contributed by atoms with Gasteiger partial charge in [0, 0.05) is 25.3 Å². The molecular weight excluding hydrogens is 250 g/mol. The van der Waals surface area contributed by atoms with E-state index in [4.69, 9.17) is 10.5 Å². The number of nitrogens with two attached hydrogens (primary N) is 1. The molecule has 110 valence electrons. The van der Waals surface area contributed by atoms with E-state index in [1.807, 2.05) is 18.3 Å². The highest BCUT2D eigenvalue weighted by Crippen LogP contribution is 2.39. The van der Waals surface area contributed by atoms with Crippen LogP contribution in [0.2, 0.25) is 0 Å². The Morgan fingerprint density at radius 2 is 2.20 bits per heavy atom. The van der Waals surface area contributed by atoms with Crippen molar-refractivity contribution in [2.24, 2.45) is 17.6 Å². The van der Waals surface area contributed by atoms with Gasteiger partial charge in [0.1, 0.15) is 0 Å². The summed E-state index contributed by atoms with van der Waals surface area (Å²) in [4.78, 5) is 6.96. The topological polar surface area (TPSA) is 51.4 Å². The van der Waals surface area contributed by atoms with E-state index >= 15 is 0 Å². The molecular formula is C16H25N3O. The molecule has 2 N–H and O–H groups in total. The first-order valence-electron chi connectivity index (χ1n) is 7.86. The highest BCUT2D eigenvalue weighted by molar-refractivity contribution is 5.53. The molecule has 1 aliphatic carbocycles. The van der Waals surface area contributed by atoms with Crippen LogP contribution in [0.3, 0.4) is 0 Å². The highest BCUT2D eigenvalue weighted by atomic mass is 16.5. The Morgan fingerprint density at radius 1 is 1.35 bits per heavy atom. The SMILES string of the molecule is CCCOc1cccnc1N1C[C@H]2CCC(N)C[C@H]2C1. The second-order valence-electron chi connectivity index (χ2n) is 6.17. The molecule has 1 saturated carbocycles. The zero-order valence-electron chi connectivity index (χ0n) is 12.3. The first-order chi connectivity index (χ1) is 9.78. The largest absolute Gasteiger partial charge is 0.490 e. The molecule has 0 radical (unpaired) electrons. The van der Waals surface area contributed by atoms with Gasteiger partial charge in [0.25, 0.3) is 0 Å². The Morgan fingerprint density at radius 3 is 3.05 bits per heavy atom. The second-order valence-corrected chi connectivity index (χ2v) is 6.17. The molecule has 1 saturated heterocycles. The van der Waals surface area contributed by atoms with Crippen LogP contribution in [-0.2, 0) is 0 Å². The lowest BCUT2D eigenvalue weighted by Crippen LogP contribution is -2.32. The lowest BCUT2D eigenvalue weighted by molar-refractivity contribution is 0.271. The monoisotopic (exact) mass is 275 g/mol. The quantitative estimate of drug-likeness (QED) is 0.917. The zero-order chi connectivity index (χ0) is 13.9. The Balaban J connectivity index is 1.74. The van der Waals surface area contributed by atoms with Crippen LogP contribution < -0.4 is 15.4 Å². The number of anilines is 1. The van der Waals surface area contributed by atoms with Crippen molar-refractivity contribution in [3.63, 3.8) is 0 Å². The number of aromatic nitrogens is 1. The average Bonchev–Trinajstić information content (AvgIpc) is 2.88. The Kier molecular flexibility index (Phi) is 4.10. The zero-order valence-corrected chi connectivity index (χ0v) is 12.3. The van der Waals surface area contributed by atoms with Gasteiger partial charge in [-0.05, 0) is 49.7 Å². The Bertz CT molecular complexity index is 451. The van der Waals surface area contributed by atoms with Gasteiger partial charge in [-0.3, -0.25) is 0 Å². The van der Waals surface area contributed by atoms with Gasteiger partial charge in [0.2, 0.25) is 0 Å². The van der Waals surface area contributed by atoms with E-state index in [1.54, 1.807) is 0 Å². The van der Waals surface area contributed by atoms with E-state index in [2.05, 4.69) is 16.8 Å². The minimum absolute atomic E-state index is 0.399. The van der Waals surface area contributed by atoms with E-state index < -0.39 is 0 Å². The summed E-state index contributed by atoms with van der Waals surface area (Å²) in [6.07, 6.45) is 6.49. The summed E-state index contributed by atoms with van der Waals surface area (Å²) in [7, 11) is 0. The van der Waals surface area contributed by atoms with E-state index in [0.717, 1.165) is 49.5 Å². The lowest BCUT2D eigenvalue weighted by atomic mass is 9.79. The second kappa shape index (κ2) is 6.00. The summed E-state index contributed by atoms with van der Waals surface area (Å²) < 4.78 is 5.84. The number of nitrogens with zero attached hydrogens (tertiary/aromatic N) is 2. The molecule has 4 nitrogen and oxygen atoms in total. The Labute approximate surface area is 121 Å². The van der Waals surface area contributed by atoms with Crippen LogP contribution in [-0.4, -0.2) is 30.7 Å². The van der Waals surface area contributed by atoms with Crippen LogP contribution in [0.15, 0.2) is 18.3 Å². The first-order valence-corrected chi connectivity index (χ1v) is 7.86. The van der Waals surface area contributed by atoms with Crippen molar-refractivity contribution in [2.45, 2.75) is 38.6 Å². The maximum Gasteiger partial charge on any atom is 0.171 e. The van der Waals surface area contributed by atoms with Crippen LogP contribution in [0.1, 0.15) is 32.6 Å². The normalized spacial score (nSPS) is 29.3. The predicted molar refractivity (Wildman–Crippen MR) is 81.0 cm³/mol. The van der Waals surface area contributed by atoms with Gasteiger partial charge in [-0.2, -0.15) is 0 Å². The standard InChI is InChI=1S/C16H25N3O/c1-2-8-20-15-4-3-7-18-16(15)19-10-12-5-6-14(17)9-13(12)11-19/h3-4,7,12-14H,2,5-6,8-11,17H2,1H3/t12-,13+,14?/m1/s1. The summed E-state index contributed by atoms with van der Waals surface area (Å²) in [5.41, 5.74) is 6.11. The molecule has 2 fully saturated rings. The smallest absolute Gasteiger partial charge is 0.171 e. The van der Waals surface area contributed by atoms with Crippen molar-refractivity contribution in [3.8, 4) is 5.75 Å². The van der Waals surface area contributed by atoms with Crippen molar-refractivity contribution in [1.29, 1.82) is 0 Å². The molecule has 0 amide bonds. The fourth-order valence-corrected chi connectivity index (χ4v) is 3.59. The molecule has 2 heterocycles. The predicted octanol–water partition coefficient (Wildman–Crippen LogP) is 2.43. The van der Waals surface area contributed by atoms with Crippen molar-refractivity contribution in [3.05, 3.63) is 18.3 Å². The molecule has 1 aromatic heterocycles. The number of pyridine rings is 1. The van der Waals surface area contributed by atoms with E-state index in [0.29, 0.717) is 6.04 Å². The van der Waals surface area contributed by atoms with Crippen LogP contribution in [0, 0.1) is 11.8 Å². The van der Waals surface area contributed by atoms with Gasteiger partial charge in [-0.15, -0.1) is 0 Å². The van der Waals surface area contributed by atoms with E-state index in [-0.39, 0.29) is 0 Å². The molecule has 1 unspecified atom stereocenters. The minimum atomic E-state index is 0.399. The Hall–Kier alpha value is -1.29. The number of ether oxygens (including phenoxy) is 1. The lowest BCUT2D eigenvalue weighted by Gasteiger charge is -2.27. The fourth-order valence-electron chi connectivity index (χ4n) is 3.59. The third-order valence-electron chi connectivity index (χ3n) is 4.60. The van der Waals surface area contributed by atoms with E-state index in [1.165, 1.54) is 19.3 Å². The van der Waals surface area contributed by atoms with Gasteiger partial charge in [-0.1, -0.05) is 6.92 Å². The molecule has 3 rings (SSSR count). The number of hydrogen-bond acceptors (Lipinski definition) is 4. The van der Waals surface area contributed by atoms with Crippen molar-refractivity contribution >= 4 is 5.82 Å². The van der Waals surface area contributed by atoms with E-state index in [9.17, 15) is 0 Å². The fraction of sp³-hybridized carbons (Fsp3) is 0.688. The maximum absolute atomic E-state index is 6.11. The van der Waals surface area contributed by atoms with Gasteiger partial charge in [-0.25, -0.2) is 4.98 Å². The molecule has 3 atom stereocenters. The first kappa shape index (κ1) is 13.7. The molecule has 0 bridgehead atoms. The van der Waals surface area contributed by atoms with Crippen LogP contribution in [0.25, 0.3) is 0 Å². The molecule has 0 aromatic carbocycles. The average molecular weight is 275 g/mol. The van der Waals surface area contributed by atoms with Crippen molar-refractivity contribution < 1.29 is 4.74 Å². The van der Waals surface area contributed by atoms with Crippen LogP contribution >= 0.6 is 0 Å². The molecule has 1 aromatic rings. The van der Waals surface area contributed by atoms with Crippen molar-refractivity contribution in [2.75, 3.05) is 24.6 Å². The highest BCUT2D eigenvalue weighted by Gasteiger charge is 2.37.